The van der Waals surface area contributed by atoms with Crippen molar-refractivity contribution in [1.29, 1.82) is 0 Å². The van der Waals surface area contributed by atoms with Crippen LogP contribution in [0.2, 0.25) is 0 Å². The fourth-order valence-electron chi connectivity index (χ4n) is 1.14. The number of nitrogens with zero attached hydrogens (tertiary/aromatic N) is 1. The molecule has 0 radical (unpaired) electrons. The van der Waals surface area contributed by atoms with Gasteiger partial charge in [0, 0.05) is 12.1 Å². The van der Waals surface area contributed by atoms with Gasteiger partial charge < -0.3 is 10.1 Å². The van der Waals surface area contributed by atoms with Crippen molar-refractivity contribution in [3.05, 3.63) is 26.7 Å². The Bertz CT molecular complexity index is 422. The van der Waals surface area contributed by atoms with Crippen LogP contribution in [0, 0.1) is 10.1 Å². The van der Waals surface area contributed by atoms with E-state index in [1.807, 2.05) is 0 Å². The van der Waals surface area contributed by atoms with Crippen LogP contribution in [0.5, 0.6) is 5.75 Å². The minimum atomic E-state index is -0.577. The zero-order valence-electron chi connectivity index (χ0n) is 8.40. The molecule has 6 nitrogen and oxygen atoms in total. The van der Waals surface area contributed by atoms with E-state index >= 15 is 0 Å². The SMILES string of the molecule is CCOc1cc(NC=O)c([N+](=O)[O-])cc1Br. The van der Waals surface area contributed by atoms with Crippen molar-refractivity contribution in [2.24, 2.45) is 0 Å². The molecule has 1 N–H and O–H groups in total. The molecule has 86 valence electrons. The first-order valence-corrected chi connectivity index (χ1v) is 5.20. The maximum atomic E-state index is 10.7. The molecule has 0 aliphatic carbocycles. The third kappa shape index (κ3) is 2.69. The number of hydrogen-bond acceptors (Lipinski definition) is 4. The second-order valence-electron chi connectivity index (χ2n) is 2.75. The summed E-state index contributed by atoms with van der Waals surface area (Å²) < 4.78 is 5.70. The van der Waals surface area contributed by atoms with E-state index in [0.29, 0.717) is 23.2 Å². The summed E-state index contributed by atoms with van der Waals surface area (Å²) in [6.07, 6.45) is 0.381. The average Bonchev–Trinajstić information content (AvgIpc) is 2.23. The molecule has 1 rings (SSSR count). The van der Waals surface area contributed by atoms with Crippen molar-refractivity contribution in [2.75, 3.05) is 11.9 Å². The molecule has 1 aromatic carbocycles. The summed E-state index contributed by atoms with van der Waals surface area (Å²) in [7, 11) is 0. The largest absolute Gasteiger partial charge is 0.493 e. The topological polar surface area (TPSA) is 81.5 Å². The Morgan fingerprint density at radius 1 is 1.62 bits per heavy atom. The van der Waals surface area contributed by atoms with E-state index in [1.54, 1.807) is 6.92 Å². The van der Waals surface area contributed by atoms with Crippen molar-refractivity contribution in [3.8, 4) is 5.75 Å². The first-order valence-electron chi connectivity index (χ1n) is 4.41. The summed E-state index contributed by atoms with van der Waals surface area (Å²) in [5.74, 6) is 0.442. The lowest BCUT2D eigenvalue weighted by Gasteiger charge is -2.08. The summed E-state index contributed by atoms with van der Waals surface area (Å²) in [4.78, 5) is 20.4. The Kier molecular flexibility index (Phi) is 4.24. The molecule has 0 unspecified atom stereocenters. The van der Waals surface area contributed by atoms with E-state index in [4.69, 9.17) is 4.74 Å². The molecule has 0 heterocycles. The highest BCUT2D eigenvalue weighted by Crippen LogP contribution is 2.35. The molecular weight excluding hydrogens is 280 g/mol. The van der Waals surface area contributed by atoms with Crippen LogP contribution in [0.3, 0.4) is 0 Å². The van der Waals surface area contributed by atoms with Crippen LogP contribution in [0.25, 0.3) is 0 Å². The van der Waals surface area contributed by atoms with Crippen LogP contribution in [0.15, 0.2) is 16.6 Å². The van der Waals surface area contributed by atoms with Crippen molar-refractivity contribution in [2.45, 2.75) is 6.92 Å². The molecule has 0 aromatic heterocycles. The molecule has 0 atom stereocenters. The van der Waals surface area contributed by atoms with E-state index in [1.165, 1.54) is 12.1 Å². The molecule has 16 heavy (non-hydrogen) atoms. The molecule has 7 heteroatoms. The minimum absolute atomic E-state index is 0.103. The van der Waals surface area contributed by atoms with Gasteiger partial charge in [0.25, 0.3) is 5.69 Å². The Morgan fingerprint density at radius 3 is 2.81 bits per heavy atom. The molecule has 1 aromatic rings. The molecule has 0 bridgehead atoms. The van der Waals surface area contributed by atoms with Crippen LogP contribution in [-0.4, -0.2) is 17.9 Å². The number of halogens is 1. The van der Waals surface area contributed by atoms with Gasteiger partial charge >= 0.3 is 0 Å². The van der Waals surface area contributed by atoms with Gasteiger partial charge in [-0.05, 0) is 22.9 Å². The van der Waals surface area contributed by atoms with Crippen LogP contribution >= 0.6 is 15.9 Å². The van der Waals surface area contributed by atoms with E-state index in [2.05, 4.69) is 21.2 Å². The highest BCUT2D eigenvalue weighted by atomic mass is 79.9. The van der Waals surface area contributed by atoms with Crippen LogP contribution in [-0.2, 0) is 4.79 Å². The molecule has 0 aliphatic rings. The van der Waals surface area contributed by atoms with Gasteiger partial charge in [-0.2, -0.15) is 0 Å². The van der Waals surface area contributed by atoms with Crippen LogP contribution < -0.4 is 10.1 Å². The standard InChI is InChI=1S/C9H9BrN2O4/c1-2-16-9-4-7(11-5-13)8(12(14)15)3-6(9)10/h3-5H,2H2,1H3,(H,11,13). The molecule has 0 fully saturated rings. The van der Waals surface area contributed by atoms with Gasteiger partial charge in [-0.15, -0.1) is 0 Å². The first kappa shape index (κ1) is 12.4. The molecular formula is C9H9BrN2O4. The second-order valence-corrected chi connectivity index (χ2v) is 3.61. The predicted molar refractivity (Wildman–Crippen MR) is 61.7 cm³/mol. The van der Waals surface area contributed by atoms with E-state index in [-0.39, 0.29) is 11.4 Å². The zero-order valence-corrected chi connectivity index (χ0v) is 9.98. The zero-order chi connectivity index (χ0) is 12.1. The lowest BCUT2D eigenvalue weighted by atomic mass is 10.2. The molecule has 0 spiro atoms. The Labute approximate surface area is 99.9 Å². The molecule has 0 saturated carbocycles. The van der Waals surface area contributed by atoms with Gasteiger partial charge in [0.15, 0.2) is 0 Å². The number of nitro benzene ring substituents is 1. The van der Waals surface area contributed by atoms with E-state index in [0.717, 1.165) is 0 Å². The highest BCUT2D eigenvalue weighted by molar-refractivity contribution is 9.10. The smallest absolute Gasteiger partial charge is 0.294 e. The van der Waals surface area contributed by atoms with Gasteiger partial charge in [0.05, 0.1) is 16.0 Å². The average molecular weight is 289 g/mol. The Hall–Kier alpha value is -1.63. The van der Waals surface area contributed by atoms with Gasteiger partial charge in [-0.3, -0.25) is 14.9 Å². The predicted octanol–water partition coefficient (Wildman–Crippen LogP) is 2.32. The Balaban J connectivity index is 3.24. The maximum Gasteiger partial charge on any atom is 0.294 e. The van der Waals surface area contributed by atoms with Crippen LogP contribution in [0.1, 0.15) is 6.92 Å². The van der Waals surface area contributed by atoms with Crippen molar-refractivity contribution in [1.82, 2.24) is 0 Å². The second kappa shape index (κ2) is 5.45. The van der Waals surface area contributed by atoms with Crippen molar-refractivity contribution < 1.29 is 14.5 Å². The minimum Gasteiger partial charge on any atom is -0.493 e. The van der Waals surface area contributed by atoms with Gasteiger partial charge in [-0.1, -0.05) is 0 Å². The fraction of sp³-hybridized carbons (Fsp3) is 0.222. The number of amides is 1. The number of nitro groups is 1. The fourth-order valence-corrected chi connectivity index (χ4v) is 1.58. The maximum absolute atomic E-state index is 10.7. The molecule has 0 saturated heterocycles. The first-order chi connectivity index (χ1) is 7.60. The summed E-state index contributed by atoms with van der Waals surface area (Å²) in [6.45, 7) is 2.22. The summed E-state index contributed by atoms with van der Waals surface area (Å²) in [5, 5.41) is 13.0. The van der Waals surface area contributed by atoms with E-state index in [9.17, 15) is 14.9 Å². The van der Waals surface area contributed by atoms with E-state index < -0.39 is 4.92 Å². The van der Waals surface area contributed by atoms with Crippen molar-refractivity contribution in [3.63, 3.8) is 0 Å². The number of ether oxygens (including phenoxy) is 1. The number of anilines is 1. The number of nitrogens with one attached hydrogen (secondary N) is 1. The number of carbonyl (C=O) groups is 1. The van der Waals surface area contributed by atoms with Crippen LogP contribution in [0.4, 0.5) is 11.4 Å². The lowest BCUT2D eigenvalue weighted by Crippen LogP contribution is -2.01. The number of carbonyl (C=O) groups excluding carboxylic acids is 1. The normalized spacial score (nSPS) is 9.62. The van der Waals surface area contributed by atoms with Gasteiger partial charge in [-0.25, -0.2) is 0 Å². The number of benzene rings is 1. The third-order valence-corrected chi connectivity index (χ3v) is 2.38. The summed E-state index contributed by atoms with van der Waals surface area (Å²) in [6, 6.07) is 2.69. The third-order valence-electron chi connectivity index (χ3n) is 1.76. The number of rotatable bonds is 5. The summed E-state index contributed by atoms with van der Waals surface area (Å²) in [5.41, 5.74) is -0.0888. The molecule has 0 aliphatic heterocycles. The van der Waals surface area contributed by atoms with Crippen molar-refractivity contribution >= 4 is 33.7 Å². The molecule has 1 amide bonds. The lowest BCUT2D eigenvalue weighted by molar-refractivity contribution is -0.384. The summed E-state index contributed by atoms with van der Waals surface area (Å²) >= 11 is 3.16. The van der Waals surface area contributed by atoms with Gasteiger partial charge in [0.2, 0.25) is 6.41 Å². The van der Waals surface area contributed by atoms with Gasteiger partial charge in [0.1, 0.15) is 11.4 Å². The Morgan fingerprint density at radius 2 is 2.31 bits per heavy atom. The quantitative estimate of drug-likeness (QED) is 0.512. The highest BCUT2D eigenvalue weighted by Gasteiger charge is 2.17. The number of hydrogen-bond donors (Lipinski definition) is 1. The monoisotopic (exact) mass is 288 g/mol.